The Morgan fingerprint density at radius 2 is 1.86 bits per heavy atom. The predicted octanol–water partition coefficient (Wildman–Crippen LogP) is 4.31. The van der Waals surface area contributed by atoms with Crippen molar-refractivity contribution in [3.63, 3.8) is 0 Å². The highest BCUT2D eigenvalue weighted by Crippen LogP contribution is 2.21. The van der Waals surface area contributed by atoms with E-state index >= 15 is 0 Å². The van der Waals surface area contributed by atoms with E-state index in [-0.39, 0.29) is 11.7 Å². The molecule has 1 saturated heterocycles. The number of amides is 1. The monoisotopic (exact) mass is 474 g/mol. The van der Waals surface area contributed by atoms with Crippen LogP contribution in [-0.2, 0) is 24.1 Å². The smallest absolute Gasteiger partial charge is 0.224 e. The summed E-state index contributed by atoms with van der Waals surface area (Å²) in [7, 11) is 0. The molecule has 1 fully saturated rings. The van der Waals surface area contributed by atoms with Crippen molar-refractivity contribution in [1.29, 1.82) is 0 Å². The Kier molecular flexibility index (Phi) is 8.85. The fourth-order valence-electron chi connectivity index (χ4n) is 4.71. The summed E-state index contributed by atoms with van der Waals surface area (Å²) in [6.07, 6.45) is 6.00. The van der Waals surface area contributed by atoms with Crippen molar-refractivity contribution in [2.45, 2.75) is 51.1 Å². The fourth-order valence-corrected chi connectivity index (χ4v) is 4.71. The number of pyridine rings is 1. The van der Waals surface area contributed by atoms with Crippen LogP contribution >= 0.6 is 0 Å². The van der Waals surface area contributed by atoms with E-state index < -0.39 is 0 Å². The van der Waals surface area contributed by atoms with Gasteiger partial charge in [-0.1, -0.05) is 30.3 Å². The highest BCUT2D eigenvalue weighted by atomic mass is 19.1. The molecule has 1 aromatic heterocycles. The molecule has 0 saturated carbocycles. The van der Waals surface area contributed by atoms with Crippen molar-refractivity contribution >= 4 is 11.6 Å². The highest BCUT2D eigenvalue weighted by molar-refractivity contribution is 5.78. The molecule has 0 bridgehead atoms. The molecule has 4 rings (SSSR count). The van der Waals surface area contributed by atoms with Gasteiger partial charge in [0.05, 0.1) is 6.42 Å². The van der Waals surface area contributed by atoms with Gasteiger partial charge in [0, 0.05) is 55.7 Å². The van der Waals surface area contributed by atoms with Gasteiger partial charge in [-0.15, -0.1) is 0 Å². The molecule has 2 N–H and O–H groups in total. The first-order valence-corrected chi connectivity index (χ1v) is 12.6. The molecule has 2 heterocycles. The van der Waals surface area contributed by atoms with E-state index in [2.05, 4.69) is 45.6 Å². The van der Waals surface area contributed by atoms with Gasteiger partial charge in [0.2, 0.25) is 5.91 Å². The molecule has 0 unspecified atom stereocenters. The molecule has 0 spiro atoms. The van der Waals surface area contributed by atoms with Crippen LogP contribution in [0.3, 0.4) is 0 Å². The second-order valence-corrected chi connectivity index (χ2v) is 9.43. The second-order valence-electron chi connectivity index (χ2n) is 9.43. The van der Waals surface area contributed by atoms with Crippen molar-refractivity contribution in [2.75, 3.05) is 24.5 Å². The third-order valence-corrected chi connectivity index (χ3v) is 6.55. The molecule has 35 heavy (non-hydrogen) atoms. The minimum Gasteiger partial charge on any atom is -0.371 e. The van der Waals surface area contributed by atoms with E-state index in [9.17, 15) is 9.18 Å². The van der Waals surface area contributed by atoms with Crippen LogP contribution in [0.25, 0.3) is 0 Å². The highest BCUT2D eigenvalue weighted by Gasteiger charge is 2.21. The average Bonchev–Trinajstić information content (AvgIpc) is 2.86. The van der Waals surface area contributed by atoms with Crippen molar-refractivity contribution in [1.82, 2.24) is 15.6 Å². The first-order chi connectivity index (χ1) is 17.0. The Hall–Kier alpha value is -3.25. The Bertz CT molecular complexity index is 1070. The lowest BCUT2D eigenvalue weighted by Gasteiger charge is -2.35. The lowest BCUT2D eigenvalue weighted by atomic mass is 10.0. The van der Waals surface area contributed by atoms with Gasteiger partial charge >= 0.3 is 0 Å². The van der Waals surface area contributed by atoms with Gasteiger partial charge in [-0.25, -0.2) is 4.39 Å². The van der Waals surface area contributed by atoms with Crippen LogP contribution in [0.1, 0.15) is 36.6 Å². The summed E-state index contributed by atoms with van der Waals surface area (Å²) in [6, 6.07) is 21.8. The number of rotatable bonds is 10. The first kappa shape index (κ1) is 24.9. The van der Waals surface area contributed by atoms with Crippen molar-refractivity contribution < 1.29 is 9.18 Å². The largest absolute Gasteiger partial charge is 0.371 e. The van der Waals surface area contributed by atoms with E-state index in [1.165, 1.54) is 17.8 Å². The van der Waals surface area contributed by atoms with Gasteiger partial charge in [-0.05, 0) is 73.7 Å². The van der Waals surface area contributed by atoms with Crippen LogP contribution in [0.5, 0.6) is 0 Å². The molecular weight excluding hydrogens is 439 g/mol. The van der Waals surface area contributed by atoms with Crippen LogP contribution in [0, 0.1) is 5.82 Å². The van der Waals surface area contributed by atoms with Gasteiger partial charge in [0.25, 0.3) is 0 Å². The SMILES string of the molecule is C[C@H](Cc1ccccn1)NC1CCN(c2ccc(CC(=O)NCCc3cccc(F)c3)cc2)CC1. The molecule has 6 heteroatoms. The van der Waals surface area contributed by atoms with Crippen molar-refractivity contribution in [3.8, 4) is 0 Å². The lowest BCUT2D eigenvalue weighted by molar-refractivity contribution is -0.120. The van der Waals surface area contributed by atoms with Gasteiger partial charge in [-0.3, -0.25) is 9.78 Å². The van der Waals surface area contributed by atoms with Gasteiger partial charge in [-0.2, -0.15) is 0 Å². The Morgan fingerprint density at radius 3 is 2.57 bits per heavy atom. The first-order valence-electron chi connectivity index (χ1n) is 12.6. The maximum atomic E-state index is 13.3. The maximum absolute atomic E-state index is 13.3. The standard InChI is InChI=1S/C29H35FN4O/c1-22(19-27-7-2-3-15-31-27)33-26-13-17-34(18-14-26)28-10-8-24(9-11-28)21-29(35)32-16-12-23-5-4-6-25(30)20-23/h2-11,15,20,22,26,33H,12-14,16-19,21H2,1H3,(H,32,35)/t22-/m1/s1. The molecule has 184 valence electrons. The van der Waals surface area contributed by atoms with Gasteiger partial charge in [0.1, 0.15) is 5.82 Å². The number of carbonyl (C=O) groups excluding carboxylic acids is 1. The zero-order chi connectivity index (χ0) is 24.5. The number of aromatic nitrogens is 1. The number of hydrogen-bond acceptors (Lipinski definition) is 4. The predicted molar refractivity (Wildman–Crippen MR) is 139 cm³/mol. The van der Waals surface area contributed by atoms with E-state index in [1.54, 1.807) is 6.07 Å². The van der Waals surface area contributed by atoms with Gasteiger partial charge < -0.3 is 15.5 Å². The molecule has 0 radical (unpaired) electrons. The van der Waals surface area contributed by atoms with E-state index in [4.69, 9.17) is 0 Å². The summed E-state index contributed by atoms with van der Waals surface area (Å²) >= 11 is 0. The topological polar surface area (TPSA) is 57.3 Å². The minimum atomic E-state index is -0.246. The molecule has 1 atom stereocenters. The molecule has 1 aliphatic heterocycles. The molecular formula is C29H35FN4O. The minimum absolute atomic E-state index is 0.0131. The Morgan fingerprint density at radius 1 is 1.06 bits per heavy atom. The zero-order valence-electron chi connectivity index (χ0n) is 20.4. The van der Waals surface area contributed by atoms with E-state index in [1.807, 2.05) is 36.5 Å². The van der Waals surface area contributed by atoms with Crippen LogP contribution in [-0.4, -0.2) is 42.6 Å². The zero-order valence-corrected chi connectivity index (χ0v) is 20.4. The van der Waals surface area contributed by atoms with Crippen LogP contribution in [0.2, 0.25) is 0 Å². The summed E-state index contributed by atoms with van der Waals surface area (Å²) in [5.74, 6) is -0.259. The lowest BCUT2D eigenvalue weighted by Crippen LogP contribution is -2.46. The number of piperidine rings is 1. The van der Waals surface area contributed by atoms with Crippen molar-refractivity contribution in [2.24, 2.45) is 0 Å². The number of hydrogen-bond donors (Lipinski definition) is 2. The number of carbonyl (C=O) groups is 1. The molecule has 0 aliphatic carbocycles. The molecule has 3 aromatic rings. The van der Waals surface area contributed by atoms with Crippen molar-refractivity contribution in [3.05, 3.63) is 95.6 Å². The number of nitrogens with zero attached hydrogens (tertiary/aromatic N) is 2. The average molecular weight is 475 g/mol. The summed E-state index contributed by atoms with van der Waals surface area (Å²) in [5.41, 5.74) is 4.22. The second kappa shape index (κ2) is 12.5. The third kappa shape index (κ3) is 7.89. The summed E-state index contributed by atoms with van der Waals surface area (Å²) in [5, 5.41) is 6.70. The number of nitrogens with one attached hydrogen (secondary N) is 2. The maximum Gasteiger partial charge on any atom is 0.224 e. The van der Waals surface area contributed by atoms with E-state index in [0.29, 0.717) is 31.5 Å². The molecule has 2 aromatic carbocycles. The summed E-state index contributed by atoms with van der Waals surface area (Å²) in [6.45, 7) is 4.78. The number of benzene rings is 2. The van der Waals surface area contributed by atoms with Crippen LogP contribution in [0.4, 0.5) is 10.1 Å². The summed E-state index contributed by atoms with van der Waals surface area (Å²) in [4.78, 5) is 19.1. The molecule has 1 amide bonds. The molecule has 5 nitrogen and oxygen atoms in total. The Labute approximate surface area is 207 Å². The molecule has 1 aliphatic rings. The quantitative estimate of drug-likeness (QED) is 0.460. The fraction of sp³-hybridized carbons (Fsp3) is 0.379. The van der Waals surface area contributed by atoms with Crippen LogP contribution in [0.15, 0.2) is 72.9 Å². The van der Waals surface area contributed by atoms with Crippen LogP contribution < -0.4 is 15.5 Å². The normalized spacial score (nSPS) is 15.1. The summed E-state index contributed by atoms with van der Waals surface area (Å²) < 4.78 is 13.3. The van der Waals surface area contributed by atoms with Gasteiger partial charge in [0.15, 0.2) is 0 Å². The number of anilines is 1. The number of halogens is 1. The van der Waals surface area contributed by atoms with E-state index in [0.717, 1.165) is 49.2 Å². The Balaban J connectivity index is 1.17. The third-order valence-electron chi connectivity index (χ3n) is 6.55.